The lowest BCUT2D eigenvalue weighted by Gasteiger charge is -2.06. The van der Waals surface area contributed by atoms with Crippen LogP contribution in [0.4, 0.5) is 0 Å². The van der Waals surface area contributed by atoms with Crippen molar-refractivity contribution in [1.82, 2.24) is 15.2 Å². The minimum atomic E-state index is -3.33. The van der Waals surface area contributed by atoms with Gasteiger partial charge in [0.25, 0.3) is 5.82 Å². The van der Waals surface area contributed by atoms with Gasteiger partial charge in [-0.05, 0) is 18.2 Å². The highest BCUT2D eigenvalue weighted by Crippen LogP contribution is 2.29. The van der Waals surface area contributed by atoms with Crippen LogP contribution in [-0.2, 0) is 9.84 Å². The third-order valence-corrected chi connectivity index (χ3v) is 4.35. The largest absolute Gasteiger partial charge is 0.496 e. The molecule has 0 aliphatic rings. The maximum Gasteiger partial charge on any atom is 0.315 e. The van der Waals surface area contributed by atoms with E-state index in [0.717, 1.165) is 6.26 Å². The minimum Gasteiger partial charge on any atom is -0.496 e. The minimum absolute atomic E-state index is 0.156. The molecule has 0 aliphatic carbocycles. The molecule has 9 heteroatoms. The Kier molecular flexibility index (Phi) is 3.21. The lowest BCUT2D eigenvalue weighted by molar-refractivity contribution is -0.331. The van der Waals surface area contributed by atoms with Crippen LogP contribution in [0.15, 0.2) is 34.1 Å². The molecule has 3 N–H and O–H groups in total. The topological polar surface area (TPSA) is 119 Å². The van der Waals surface area contributed by atoms with Gasteiger partial charge < -0.3 is 4.74 Å². The number of aromatic nitrogens is 4. The third kappa shape index (κ3) is 2.35. The number of hydrogen-bond acceptors (Lipinski definition) is 5. The summed E-state index contributed by atoms with van der Waals surface area (Å²) < 4.78 is 28.5. The molecule has 2 aromatic heterocycles. The van der Waals surface area contributed by atoms with Crippen molar-refractivity contribution in [2.24, 2.45) is 0 Å². The van der Waals surface area contributed by atoms with Crippen LogP contribution in [0.1, 0.15) is 0 Å². The summed E-state index contributed by atoms with van der Waals surface area (Å²) in [6.45, 7) is 0. The summed E-state index contributed by atoms with van der Waals surface area (Å²) in [5.74, 6) is 0.889. The van der Waals surface area contributed by atoms with Crippen molar-refractivity contribution < 1.29 is 18.1 Å². The van der Waals surface area contributed by atoms with E-state index in [1.165, 1.54) is 25.4 Å². The first-order chi connectivity index (χ1) is 10.4. The number of methoxy groups -OCH3 is 1. The fraction of sp³-hybridized carbons (Fsp3) is 0.154. The highest BCUT2D eigenvalue weighted by Gasteiger charge is 2.20. The van der Waals surface area contributed by atoms with E-state index in [0.29, 0.717) is 28.2 Å². The molecule has 1 aromatic carbocycles. The van der Waals surface area contributed by atoms with Crippen molar-refractivity contribution in [2.45, 2.75) is 4.90 Å². The summed E-state index contributed by atoms with van der Waals surface area (Å²) in [5, 5.41) is 6.04. The number of hydrogen-bond donors (Lipinski definition) is 2. The van der Waals surface area contributed by atoms with Gasteiger partial charge in [0.2, 0.25) is 5.52 Å². The number of sulfone groups is 1. The Balaban J connectivity index is 2.22. The number of imidazole rings is 1. The van der Waals surface area contributed by atoms with Crippen LogP contribution in [0, 0.1) is 0 Å². The Morgan fingerprint density at radius 2 is 2.09 bits per heavy atom. The quantitative estimate of drug-likeness (QED) is 0.711. The molecule has 3 aromatic rings. The monoisotopic (exact) mass is 321 g/mol. The van der Waals surface area contributed by atoms with E-state index in [2.05, 4.69) is 20.2 Å². The van der Waals surface area contributed by atoms with Gasteiger partial charge in [0.1, 0.15) is 11.3 Å². The molecule has 22 heavy (non-hydrogen) atoms. The molecule has 0 fully saturated rings. The van der Waals surface area contributed by atoms with Crippen LogP contribution >= 0.6 is 0 Å². The number of benzene rings is 1. The second kappa shape index (κ2) is 4.95. The first-order valence-corrected chi connectivity index (χ1v) is 8.16. The lowest BCUT2D eigenvalue weighted by atomic mass is 10.2. The summed E-state index contributed by atoms with van der Waals surface area (Å²) >= 11 is 0. The van der Waals surface area contributed by atoms with Gasteiger partial charge in [-0.1, -0.05) is 0 Å². The van der Waals surface area contributed by atoms with Crippen LogP contribution in [0.25, 0.3) is 22.4 Å². The fourth-order valence-corrected chi connectivity index (χ4v) is 2.79. The zero-order valence-electron chi connectivity index (χ0n) is 11.8. The van der Waals surface area contributed by atoms with Gasteiger partial charge in [0, 0.05) is 6.26 Å². The molecule has 0 bridgehead atoms. The van der Waals surface area contributed by atoms with Gasteiger partial charge in [-0.15, -0.1) is 0 Å². The normalized spacial score (nSPS) is 11.7. The Bertz CT molecular complexity index is 1020. The van der Waals surface area contributed by atoms with Gasteiger partial charge in [0.15, 0.2) is 15.4 Å². The lowest BCUT2D eigenvalue weighted by Crippen LogP contribution is -2.16. The Labute approximate surface area is 125 Å². The molecule has 0 amide bonds. The van der Waals surface area contributed by atoms with Crippen molar-refractivity contribution >= 4 is 20.9 Å². The number of fused-ring (bicyclic) bond motifs is 1. The zero-order chi connectivity index (χ0) is 15.9. The average molecular weight is 321 g/mol. The number of nitrogens with zero attached hydrogens (tertiary/aromatic N) is 1. The molecule has 0 saturated heterocycles. The van der Waals surface area contributed by atoms with Crippen LogP contribution in [-0.4, -0.2) is 37.0 Å². The maximum atomic E-state index is 11.7. The summed E-state index contributed by atoms with van der Waals surface area (Å²) in [4.78, 5) is 17.8. The van der Waals surface area contributed by atoms with E-state index in [4.69, 9.17) is 4.74 Å². The number of rotatable bonds is 3. The number of ether oxygens (including phenoxy) is 1. The molecule has 0 unspecified atom stereocenters. The Morgan fingerprint density at radius 1 is 1.32 bits per heavy atom. The number of nitrogens with one attached hydrogen (secondary N) is 3. The molecule has 0 atom stereocenters. The fourth-order valence-electron chi connectivity index (χ4n) is 2.15. The van der Waals surface area contributed by atoms with Gasteiger partial charge in [-0.25, -0.2) is 23.5 Å². The maximum absolute atomic E-state index is 11.7. The van der Waals surface area contributed by atoms with E-state index >= 15 is 0 Å². The Morgan fingerprint density at radius 3 is 2.73 bits per heavy atom. The third-order valence-electron chi connectivity index (χ3n) is 3.24. The summed E-state index contributed by atoms with van der Waals surface area (Å²) in [7, 11) is -1.88. The molecule has 0 saturated carbocycles. The van der Waals surface area contributed by atoms with Crippen molar-refractivity contribution in [3.63, 3.8) is 0 Å². The first kappa shape index (κ1) is 14.3. The van der Waals surface area contributed by atoms with Crippen molar-refractivity contribution in [2.75, 3.05) is 13.4 Å². The highest BCUT2D eigenvalue weighted by atomic mass is 32.2. The standard InChI is InChI=1S/C13H12N4O4S/c1-21-10-5-7(22(2,19)20)3-4-8(10)12-15-9-6-14-17-13(18)11(9)16-12/h3-6H,1-2H3,(H,15,16)(H,17,18)/p+1. The van der Waals surface area contributed by atoms with E-state index < -0.39 is 9.84 Å². The molecule has 114 valence electrons. The molecule has 3 rings (SSSR count). The predicted molar refractivity (Wildman–Crippen MR) is 78.4 cm³/mol. The Hall–Kier alpha value is -2.68. The molecule has 0 spiro atoms. The molecule has 0 aliphatic heterocycles. The van der Waals surface area contributed by atoms with Crippen molar-refractivity contribution in [3.8, 4) is 17.1 Å². The van der Waals surface area contributed by atoms with Crippen LogP contribution in [0.5, 0.6) is 5.75 Å². The SMILES string of the molecule is COc1cc(S(C)(=O)=O)ccc1-c1[nH]c2cn[nH]c(=O)c2[nH+]1. The zero-order valence-corrected chi connectivity index (χ0v) is 12.6. The molecule has 2 heterocycles. The summed E-state index contributed by atoms with van der Waals surface area (Å²) in [6, 6.07) is 4.53. The molecular formula is C13H13N4O4S+. The molecule has 8 nitrogen and oxygen atoms in total. The van der Waals surface area contributed by atoms with Crippen molar-refractivity contribution in [1.29, 1.82) is 0 Å². The molecular weight excluding hydrogens is 308 g/mol. The number of aromatic amines is 3. The predicted octanol–water partition coefficient (Wildman–Crippen LogP) is 0.144. The second-order valence-corrected chi connectivity index (χ2v) is 6.76. The first-order valence-electron chi connectivity index (χ1n) is 6.27. The van der Waals surface area contributed by atoms with E-state index in [-0.39, 0.29) is 10.5 Å². The molecule has 0 radical (unpaired) electrons. The second-order valence-electron chi connectivity index (χ2n) is 4.75. The van der Waals surface area contributed by atoms with Crippen molar-refractivity contribution in [3.05, 3.63) is 34.7 Å². The highest BCUT2D eigenvalue weighted by molar-refractivity contribution is 7.90. The smallest absolute Gasteiger partial charge is 0.315 e. The summed E-state index contributed by atoms with van der Waals surface area (Å²) in [6.07, 6.45) is 2.61. The van der Waals surface area contributed by atoms with E-state index in [9.17, 15) is 13.2 Å². The van der Waals surface area contributed by atoms with Crippen LogP contribution in [0.2, 0.25) is 0 Å². The van der Waals surface area contributed by atoms with Gasteiger partial charge in [0.05, 0.1) is 18.2 Å². The van der Waals surface area contributed by atoms with E-state index in [1.54, 1.807) is 6.07 Å². The van der Waals surface area contributed by atoms with E-state index in [1.807, 2.05) is 0 Å². The van der Waals surface area contributed by atoms with Gasteiger partial charge >= 0.3 is 5.56 Å². The van der Waals surface area contributed by atoms with Crippen LogP contribution in [0.3, 0.4) is 0 Å². The summed E-state index contributed by atoms with van der Waals surface area (Å²) in [5.41, 5.74) is 1.13. The average Bonchev–Trinajstić information content (AvgIpc) is 2.91. The van der Waals surface area contributed by atoms with Crippen LogP contribution < -0.4 is 15.3 Å². The van der Waals surface area contributed by atoms with Gasteiger partial charge in [-0.3, -0.25) is 4.79 Å². The number of H-pyrrole nitrogens is 3. The van der Waals surface area contributed by atoms with Gasteiger partial charge in [-0.2, -0.15) is 5.10 Å².